The second-order valence-electron chi connectivity index (χ2n) is 1.51. The summed E-state index contributed by atoms with van der Waals surface area (Å²) in [6.45, 7) is 2.16. The lowest BCUT2D eigenvalue weighted by molar-refractivity contribution is 0.899. The molecule has 0 fully saturated rings. The van der Waals surface area contributed by atoms with Crippen molar-refractivity contribution in [2.75, 3.05) is 5.75 Å². The van der Waals surface area contributed by atoms with Gasteiger partial charge in [-0.2, -0.15) is 12.6 Å². The lowest BCUT2D eigenvalue weighted by Gasteiger charge is -1.91. The van der Waals surface area contributed by atoms with E-state index >= 15 is 0 Å². The first-order chi connectivity index (χ1) is 4.41. The number of hydrogen-bond donors (Lipinski definition) is 1. The Morgan fingerprint density at radius 3 is 1.50 bits per heavy atom. The Hall–Kier alpha value is 1.51. The Labute approximate surface area is 87.6 Å². The summed E-state index contributed by atoms with van der Waals surface area (Å²) in [7, 11) is 0. The van der Waals surface area contributed by atoms with E-state index in [2.05, 4.69) is 19.6 Å². The fraction of sp³-hybridized carbons (Fsp3) is 1.00. The number of halogens is 4. The Morgan fingerprint density at radius 1 is 1.20 bits per heavy atom. The average Bonchev–Trinajstić information content (AvgIpc) is 1.63. The van der Waals surface area contributed by atoms with Crippen molar-refractivity contribution in [1.82, 2.24) is 0 Å². The number of unbranched alkanes of at least 4 members (excludes halogenated alkanes) is 1. The van der Waals surface area contributed by atoms with Crippen LogP contribution in [0.1, 0.15) is 19.8 Å². The smallest absolute Gasteiger partial charge is 0.179 e. The van der Waals surface area contributed by atoms with Crippen molar-refractivity contribution in [3.63, 3.8) is 0 Å². The van der Waals surface area contributed by atoms with Crippen LogP contribution in [0.3, 0.4) is 0 Å². The summed E-state index contributed by atoms with van der Waals surface area (Å²) in [5.74, 6) is 1.04. The van der Waals surface area contributed by atoms with E-state index < -0.39 is 3.25 Å². The highest BCUT2D eigenvalue weighted by Gasteiger charge is 2.11. The molecule has 0 unspecified atom stereocenters. The number of rotatable bonds is 2. The monoisotopic (exact) mass is 242 g/mol. The zero-order valence-electron chi connectivity index (χ0n) is 5.58. The van der Waals surface area contributed by atoms with Crippen LogP contribution in [0.2, 0.25) is 0 Å². The minimum absolute atomic E-state index is 1.04. The van der Waals surface area contributed by atoms with Crippen LogP contribution in [0.5, 0.6) is 0 Å². The molecule has 0 aliphatic rings. The molecule has 64 valence electrons. The SMILES string of the molecule is CCCCS.ClC(Cl)(Cl)Cl. The van der Waals surface area contributed by atoms with Gasteiger partial charge in [-0.3, -0.25) is 0 Å². The maximum atomic E-state index is 4.83. The van der Waals surface area contributed by atoms with Gasteiger partial charge in [-0.25, -0.2) is 0 Å². The van der Waals surface area contributed by atoms with Crippen LogP contribution >= 0.6 is 59.0 Å². The molecule has 0 atom stereocenters. The van der Waals surface area contributed by atoms with Crippen molar-refractivity contribution in [1.29, 1.82) is 0 Å². The summed E-state index contributed by atoms with van der Waals surface area (Å²) in [5.41, 5.74) is 0. The second-order valence-corrected chi connectivity index (χ2v) is 5.38. The average molecular weight is 244 g/mol. The van der Waals surface area contributed by atoms with Crippen molar-refractivity contribution < 1.29 is 0 Å². The highest BCUT2D eigenvalue weighted by Crippen LogP contribution is 2.29. The molecule has 0 radical (unpaired) electrons. The molecule has 0 aromatic rings. The molecule has 0 aromatic carbocycles. The van der Waals surface area contributed by atoms with E-state index in [4.69, 9.17) is 46.4 Å². The molecule has 0 saturated heterocycles. The van der Waals surface area contributed by atoms with Gasteiger partial charge in [-0.05, 0) is 12.2 Å². The first kappa shape index (κ1) is 14.1. The Kier molecular flexibility index (Phi) is 12.1. The lowest BCUT2D eigenvalue weighted by atomic mass is 10.4. The van der Waals surface area contributed by atoms with Gasteiger partial charge in [-0.1, -0.05) is 59.7 Å². The number of hydrogen-bond acceptors (Lipinski definition) is 1. The molecule has 0 rings (SSSR count). The van der Waals surface area contributed by atoms with Crippen molar-refractivity contribution in [2.45, 2.75) is 23.0 Å². The quantitative estimate of drug-likeness (QED) is 0.544. The van der Waals surface area contributed by atoms with E-state index in [9.17, 15) is 0 Å². The topological polar surface area (TPSA) is 0 Å². The molecule has 5 heteroatoms. The molecule has 0 aliphatic carbocycles. The molecule has 0 N–H and O–H groups in total. The van der Waals surface area contributed by atoms with Crippen molar-refractivity contribution >= 4 is 59.0 Å². The number of thiol groups is 1. The maximum absolute atomic E-state index is 4.83. The van der Waals surface area contributed by atoms with Gasteiger partial charge in [0.15, 0.2) is 0 Å². The third-order valence-corrected chi connectivity index (χ3v) is 0.828. The van der Waals surface area contributed by atoms with E-state index in [0.717, 1.165) is 5.75 Å². The van der Waals surface area contributed by atoms with Crippen LogP contribution in [-0.4, -0.2) is 9.00 Å². The lowest BCUT2D eigenvalue weighted by Crippen LogP contribution is -1.81. The Balaban J connectivity index is 0. The molecule has 0 nitrogen and oxygen atoms in total. The van der Waals surface area contributed by atoms with E-state index in [1.54, 1.807) is 0 Å². The highest BCUT2D eigenvalue weighted by atomic mass is 35.6. The Morgan fingerprint density at radius 2 is 1.50 bits per heavy atom. The summed E-state index contributed by atoms with van der Waals surface area (Å²) < 4.78 is -1.61. The van der Waals surface area contributed by atoms with Gasteiger partial charge in [-0.15, -0.1) is 0 Å². The van der Waals surface area contributed by atoms with E-state index in [1.807, 2.05) is 0 Å². The maximum Gasteiger partial charge on any atom is 0.266 e. The summed E-state index contributed by atoms with van der Waals surface area (Å²) in [6.07, 6.45) is 2.52. The minimum Gasteiger partial charge on any atom is -0.179 e. The van der Waals surface area contributed by atoms with Crippen LogP contribution < -0.4 is 0 Å². The zero-order chi connectivity index (χ0) is 8.62. The summed E-state index contributed by atoms with van der Waals surface area (Å²) in [5, 5.41) is 0. The second kappa shape index (κ2) is 8.61. The molecule has 0 aliphatic heterocycles. The van der Waals surface area contributed by atoms with Crippen LogP contribution in [0.25, 0.3) is 0 Å². The first-order valence-electron chi connectivity index (χ1n) is 2.78. The van der Waals surface area contributed by atoms with Crippen molar-refractivity contribution in [3.05, 3.63) is 0 Å². The minimum atomic E-state index is -1.61. The van der Waals surface area contributed by atoms with Crippen LogP contribution in [0.15, 0.2) is 0 Å². The van der Waals surface area contributed by atoms with E-state index in [1.165, 1.54) is 12.8 Å². The predicted octanol–water partition coefficient (Wildman–Crippen LogP) is 4.27. The predicted molar refractivity (Wildman–Crippen MR) is 54.9 cm³/mol. The van der Waals surface area contributed by atoms with Crippen molar-refractivity contribution in [3.8, 4) is 0 Å². The van der Waals surface area contributed by atoms with Gasteiger partial charge in [0.05, 0.1) is 0 Å². The summed E-state index contributed by atoms with van der Waals surface area (Å²) in [6, 6.07) is 0. The van der Waals surface area contributed by atoms with Gasteiger partial charge in [0.25, 0.3) is 3.25 Å². The van der Waals surface area contributed by atoms with Gasteiger partial charge in [0.2, 0.25) is 0 Å². The third-order valence-electron chi connectivity index (χ3n) is 0.512. The van der Waals surface area contributed by atoms with Gasteiger partial charge in [0, 0.05) is 0 Å². The largest absolute Gasteiger partial charge is 0.266 e. The fourth-order valence-corrected chi connectivity index (χ4v) is 0.474. The molecular weight excluding hydrogens is 234 g/mol. The molecule has 0 spiro atoms. The summed E-state index contributed by atoms with van der Waals surface area (Å²) >= 11 is 23.3. The van der Waals surface area contributed by atoms with E-state index in [0.29, 0.717) is 0 Å². The third kappa shape index (κ3) is 55.9. The molecule has 0 bridgehead atoms. The molecule has 0 amide bonds. The summed E-state index contributed by atoms with van der Waals surface area (Å²) in [4.78, 5) is 0. The molecule has 10 heavy (non-hydrogen) atoms. The van der Waals surface area contributed by atoms with Gasteiger partial charge in [0.1, 0.15) is 0 Å². The van der Waals surface area contributed by atoms with Gasteiger partial charge < -0.3 is 0 Å². The van der Waals surface area contributed by atoms with Crippen LogP contribution in [-0.2, 0) is 0 Å². The highest BCUT2D eigenvalue weighted by molar-refractivity contribution is 7.80. The Bertz CT molecular complexity index is 53.2. The number of alkyl halides is 4. The molecule has 0 aromatic heterocycles. The standard InChI is InChI=1S/C4H10S.CCl4/c1-2-3-4-5;2-1(3,4)5/h5H,2-4H2,1H3;. The van der Waals surface area contributed by atoms with Crippen molar-refractivity contribution in [2.24, 2.45) is 0 Å². The normalized spacial score (nSPS) is 10.2. The molecule has 0 saturated carbocycles. The van der Waals surface area contributed by atoms with Crippen LogP contribution in [0.4, 0.5) is 0 Å². The fourth-order valence-electron chi connectivity index (χ4n) is 0.158. The molecular formula is C5H10Cl4S. The zero-order valence-corrected chi connectivity index (χ0v) is 9.50. The molecule has 0 heterocycles. The van der Waals surface area contributed by atoms with E-state index in [-0.39, 0.29) is 0 Å². The van der Waals surface area contributed by atoms with Gasteiger partial charge >= 0.3 is 0 Å². The first-order valence-corrected chi connectivity index (χ1v) is 4.92. The van der Waals surface area contributed by atoms with Crippen LogP contribution in [0, 0.1) is 0 Å².